The molecule has 0 saturated carbocycles. The fourth-order valence-electron chi connectivity index (χ4n) is 1.38. The molecule has 0 bridgehead atoms. The number of nitrogens with zero attached hydrogens (tertiary/aromatic N) is 1. The molecule has 0 aliphatic carbocycles. The standard InChI is InChI=1S/C12H18N2O3S/c1-5-6-8-13-7(2)9(18-8)10(15)14-12(3,4)11(16)17/h5-6H2,1-4H3,(H,14,15)(H,16,17). The van der Waals surface area contributed by atoms with Crippen LogP contribution < -0.4 is 5.32 Å². The second-order valence-corrected chi connectivity index (χ2v) is 5.74. The van der Waals surface area contributed by atoms with Crippen molar-refractivity contribution in [3.05, 3.63) is 15.6 Å². The minimum atomic E-state index is -1.28. The Labute approximate surface area is 110 Å². The molecular weight excluding hydrogens is 252 g/mol. The van der Waals surface area contributed by atoms with Gasteiger partial charge in [-0.05, 0) is 33.6 Å². The van der Waals surface area contributed by atoms with E-state index in [4.69, 9.17) is 5.11 Å². The molecule has 2 N–H and O–H groups in total. The molecule has 1 rings (SSSR count). The molecular formula is C12H18N2O3S. The zero-order valence-corrected chi connectivity index (χ0v) is 11.8. The largest absolute Gasteiger partial charge is 0.480 e. The Balaban J connectivity index is 2.88. The van der Waals surface area contributed by atoms with Crippen LogP contribution in [0.25, 0.3) is 0 Å². The summed E-state index contributed by atoms with van der Waals surface area (Å²) in [4.78, 5) is 27.8. The molecule has 0 aliphatic heterocycles. The third-order valence-electron chi connectivity index (χ3n) is 2.47. The van der Waals surface area contributed by atoms with Crippen LogP contribution in [-0.4, -0.2) is 27.5 Å². The average Bonchev–Trinajstić information content (AvgIpc) is 2.59. The van der Waals surface area contributed by atoms with Gasteiger partial charge in [-0.2, -0.15) is 0 Å². The number of hydrogen-bond acceptors (Lipinski definition) is 4. The zero-order valence-electron chi connectivity index (χ0n) is 11.0. The Hall–Kier alpha value is -1.43. The first-order valence-corrected chi connectivity index (χ1v) is 6.61. The summed E-state index contributed by atoms with van der Waals surface area (Å²) in [7, 11) is 0. The minimum Gasteiger partial charge on any atom is -0.480 e. The maximum Gasteiger partial charge on any atom is 0.328 e. The van der Waals surface area contributed by atoms with Crippen LogP contribution in [0, 0.1) is 6.92 Å². The third kappa shape index (κ3) is 3.29. The number of carbonyl (C=O) groups is 2. The minimum absolute atomic E-state index is 0.375. The molecule has 0 aliphatic rings. The summed E-state index contributed by atoms with van der Waals surface area (Å²) in [5.41, 5.74) is -0.625. The molecule has 0 saturated heterocycles. The normalized spacial score (nSPS) is 11.3. The fourth-order valence-corrected chi connectivity index (χ4v) is 2.44. The number of rotatable bonds is 5. The van der Waals surface area contributed by atoms with E-state index in [2.05, 4.69) is 10.3 Å². The Bertz CT molecular complexity index is 466. The SMILES string of the molecule is CCCc1nc(C)c(C(=O)NC(C)(C)C(=O)O)s1. The van der Waals surface area contributed by atoms with Crippen molar-refractivity contribution in [2.75, 3.05) is 0 Å². The highest BCUT2D eigenvalue weighted by Gasteiger charge is 2.30. The molecule has 0 fully saturated rings. The molecule has 1 amide bonds. The van der Waals surface area contributed by atoms with Crippen molar-refractivity contribution in [1.29, 1.82) is 0 Å². The highest BCUT2D eigenvalue weighted by atomic mass is 32.1. The molecule has 0 unspecified atom stereocenters. The number of aryl methyl sites for hydroxylation is 2. The van der Waals surface area contributed by atoms with Crippen LogP contribution in [0.4, 0.5) is 0 Å². The van der Waals surface area contributed by atoms with Crippen LogP contribution in [0.3, 0.4) is 0 Å². The van der Waals surface area contributed by atoms with Crippen molar-refractivity contribution >= 4 is 23.2 Å². The van der Waals surface area contributed by atoms with Gasteiger partial charge in [0.25, 0.3) is 5.91 Å². The van der Waals surface area contributed by atoms with Gasteiger partial charge in [0.2, 0.25) is 0 Å². The molecule has 1 aromatic rings. The number of carboxylic acid groups (broad SMARTS) is 1. The van der Waals surface area contributed by atoms with Gasteiger partial charge in [0, 0.05) is 0 Å². The zero-order chi connectivity index (χ0) is 13.9. The van der Waals surface area contributed by atoms with Gasteiger partial charge in [-0.25, -0.2) is 9.78 Å². The van der Waals surface area contributed by atoms with Crippen molar-refractivity contribution in [3.8, 4) is 0 Å². The van der Waals surface area contributed by atoms with Crippen LogP contribution in [-0.2, 0) is 11.2 Å². The quantitative estimate of drug-likeness (QED) is 0.857. The number of amides is 1. The number of carboxylic acids is 1. The Morgan fingerprint density at radius 2 is 2.06 bits per heavy atom. The monoisotopic (exact) mass is 270 g/mol. The van der Waals surface area contributed by atoms with Crippen molar-refractivity contribution < 1.29 is 14.7 Å². The number of aromatic nitrogens is 1. The number of carbonyl (C=O) groups excluding carboxylic acids is 1. The van der Waals surface area contributed by atoms with Gasteiger partial charge in [-0.15, -0.1) is 11.3 Å². The fraction of sp³-hybridized carbons (Fsp3) is 0.583. The molecule has 5 nitrogen and oxygen atoms in total. The number of aliphatic carboxylic acids is 1. The summed E-state index contributed by atoms with van der Waals surface area (Å²) >= 11 is 1.33. The Kier molecular flexibility index (Phi) is 4.45. The lowest BCUT2D eigenvalue weighted by Crippen LogP contribution is -2.49. The highest BCUT2D eigenvalue weighted by molar-refractivity contribution is 7.13. The van der Waals surface area contributed by atoms with Gasteiger partial charge in [-0.1, -0.05) is 6.92 Å². The Morgan fingerprint density at radius 3 is 2.56 bits per heavy atom. The third-order valence-corrected chi connectivity index (χ3v) is 3.69. The van der Waals surface area contributed by atoms with Crippen LogP contribution >= 0.6 is 11.3 Å². The summed E-state index contributed by atoms with van der Waals surface area (Å²) in [5.74, 6) is -1.44. The first-order valence-electron chi connectivity index (χ1n) is 5.80. The first-order chi connectivity index (χ1) is 8.27. The summed E-state index contributed by atoms with van der Waals surface area (Å²) < 4.78 is 0. The maximum absolute atomic E-state index is 12.0. The van der Waals surface area contributed by atoms with Crippen molar-refractivity contribution in [2.24, 2.45) is 0 Å². The van der Waals surface area contributed by atoms with E-state index >= 15 is 0 Å². The predicted molar refractivity (Wildman–Crippen MR) is 70.0 cm³/mol. The highest BCUT2D eigenvalue weighted by Crippen LogP contribution is 2.20. The number of hydrogen-bond donors (Lipinski definition) is 2. The molecule has 0 spiro atoms. The second kappa shape index (κ2) is 5.48. The lowest BCUT2D eigenvalue weighted by Gasteiger charge is -2.20. The Morgan fingerprint density at radius 1 is 1.44 bits per heavy atom. The lowest BCUT2D eigenvalue weighted by molar-refractivity contribution is -0.143. The summed E-state index contributed by atoms with van der Waals surface area (Å²) in [6, 6.07) is 0. The van der Waals surface area contributed by atoms with E-state index in [1.54, 1.807) is 6.92 Å². The number of thiazole rings is 1. The lowest BCUT2D eigenvalue weighted by atomic mass is 10.1. The van der Waals surface area contributed by atoms with Crippen molar-refractivity contribution in [1.82, 2.24) is 10.3 Å². The molecule has 1 heterocycles. The number of nitrogens with one attached hydrogen (secondary N) is 1. The van der Waals surface area contributed by atoms with Gasteiger partial charge < -0.3 is 10.4 Å². The van der Waals surface area contributed by atoms with E-state index in [1.807, 2.05) is 6.92 Å². The van der Waals surface area contributed by atoms with Crippen LogP contribution in [0.1, 0.15) is 47.6 Å². The van der Waals surface area contributed by atoms with E-state index in [0.717, 1.165) is 17.8 Å². The first kappa shape index (κ1) is 14.6. The van der Waals surface area contributed by atoms with Gasteiger partial charge in [0.05, 0.1) is 10.7 Å². The van der Waals surface area contributed by atoms with E-state index in [9.17, 15) is 9.59 Å². The van der Waals surface area contributed by atoms with E-state index in [-0.39, 0.29) is 5.91 Å². The van der Waals surface area contributed by atoms with Crippen LogP contribution in [0.2, 0.25) is 0 Å². The average molecular weight is 270 g/mol. The molecule has 0 atom stereocenters. The summed E-state index contributed by atoms with van der Waals surface area (Å²) in [6.45, 7) is 6.72. The van der Waals surface area contributed by atoms with Crippen LogP contribution in [0.15, 0.2) is 0 Å². The van der Waals surface area contributed by atoms with E-state index in [1.165, 1.54) is 25.2 Å². The smallest absolute Gasteiger partial charge is 0.328 e. The molecule has 1 aromatic heterocycles. The van der Waals surface area contributed by atoms with Gasteiger partial charge in [0.1, 0.15) is 10.4 Å². The van der Waals surface area contributed by atoms with Gasteiger partial charge >= 0.3 is 5.97 Å². The van der Waals surface area contributed by atoms with Crippen molar-refractivity contribution in [3.63, 3.8) is 0 Å². The molecule has 100 valence electrons. The van der Waals surface area contributed by atoms with Crippen LogP contribution in [0.5, 0.6) is 0 Å². The molecule has 18 heavy (non-hydrogen) atoms. The molecule has 0 radical (unpaired) electrons. The topological polar surface area (TPSA) is 79.3 Å². The van der Waals surface area contributed by atoms with E-state index in [0.29, 0.717) is 10.6 Å². The van der Waals surface area contributed by atoms with Gasteiger partial charge in [0.15, 0.2) is 0 Å². The molecule has 0 aromatic carbocycles. The second-order valence-electron chi connectivity index (χ2n) is 4.66. The van der Waals surface area contributed by atoms with Gasteiger partial charge in [-0.3, -0.25) is 4.79 Å². The maximum atomic E-state index is 12.0. The van der Waals surface area contributed by atoms with E-state index < -0.39 is 11.5 Å². The summed E-state index contributed by atoms with van der Waals surface area (Å²) in [5, 5.41) is 12.4. The van der Waals surface area contributed by atoms with Crippen molar-refractivity contribution in [2.45, 2.75) is 46.1 Å². The molecule has 6 heteroatoms. The summed E-state index contributed by atoms with van der Waals surface area (Å²) in [6.07, 6.45) is 1.80. The predicted octanol–water partition coefficient (Wildman–Crippen LogP) is 2.00.